The van der Waals surface area contributed by atoms with Crippen molar-refractivity contribution in [2.75, 3.05) is 13.1 Å². The average Bonchev–Trinajstić information content (AvgIpc) is 2.60. The summed E-state index contributed by atoms with van der Waals surface area (Å²) in [5.74, 6) is 0.624. The van der Waals surface area contributed by atoms with Gasteiger partial charge in [-0.05, 0) is 19.0 Å². The molecular weight excluding hydrogens is 142 g/mol. The van der Waals surface area contributed by atoms with Gasteiger partial charge in [0.1, 0.15) is 6.10 Å². The third kappa shape index (κ3) is 1.54. The van der Waals surface area contributed by atoms with E-state index in [4.69, 9.17) is 9.15 Å². The molecule has 0 saturated carbocycles. The third-order valence-electron chi connectivity index (χ3n) is 1.79. The van der Waals surface area contributed by atoms with Crippen LogP contribution >= 0.6 is 0 Å². The molecular formula is C8H11NO2. The van der Waals surface area contributed by atoms with Crippen LogP contribution in [0.1, 0.15) is 6.42 Å². The highest BCUT2D eigenvalue weighted by atomic mass is 16.6. The predicted octanol–water partition coefficient (Wildman–Crippen LogP) is 1.02. The third-order valence-corrected chi connectivity index (χ3v) is 1.79. The van der Waals surface area contributed by atoms with Crippen molar-refractivity contribution in [3.63, 3.8) is 0 Å². The first-order valence-corrected chi connectivity index (χ1v) is 3.86. The minimum atomic E-state index is 0.293. The van der Waals surface area contributed by atoms with Crippen LogP contribution in [-0.2, 0) is 0 Å². The Morgan fingerprint density at radius 2 is 2.64 bits per heavy atom. The van der Waals surface area contributed by atoms with Crippen molar-refractivity contribution < 1.29 is 9.15 Å². The number of hydrogen-bond donors (Lipinski definition) is 1. The summed E-state index contributed by atoms with van der Waals surface area (Å²) in [6.07, 6.45) is 2.99. The molecule has 1 fully saturated rings. The summed E-state index contributed by atoms with van der Waals surface area (Å²) in [7, 11) is 0. The Bertz CT molecular complexity index is 202. The summed E-state index contributed by atoms with van der Waals surface area (Å²) >= 11 is 0. The van der Waals surface area contributed by atoms with Crippen LogP contribution in [-0.4, -0.2) is 19.2 Å². The zero-order valence-corrected chi connectivity index (χ0v) is 6.25. The molecule has 1 unspecified atom stereocenters. The normalized spacial score (nSPS) is 23.8. The summed E-state index contributed by atoms with van der Waals surface area (Å²) in [5, 5.41) is 3.22. The van der Waals surface area contributed by atoms with Crippen LogP contribution in [0.3, 0.4) is 0 Å². The monoisotopic (exact) mass is 153 g/mol. The predicted molar refractivity (Wildman–Crippen MR) is 40.6 cm³/mol. The molecule has 0 aromatic carbocycles. The molecule has 3 nitrogen and oxygen atoms in total. The average molecular weight is 153 g/mol. The molecule has 1 aromatic rings. The minimum Gasteiger partial charge on any atom is -0.460 e. The van der Waals surface area contributed by atoms with Gasteiger partial charge in [0, 0.05) is 12.6 Å². The second-order valence-electron chi connectivity index (χ2n) is 2.66. The first kappa shape index (κ1) is 6.73. The van der Waals surface area contributed by atoms with E-state index in [1.54, 1.807) is 6.26 Å². The number of furan rings is 1. The van der Waals surface area contributed by atoms with Gasteiger partial charge in [0.05, 0.1) is 6.26 Å². The van der Waals surface area contributed by atoms with Crippen molar-refractivity contribution in [2.24, 2.45) is 0 Å². The van der Waals surface area contributed by atoms with Crippen molar-refractivity contribution in [2.45, 2.75) is 12.5 Å². The van der Waals surface area contributed by atoms with Crippen LogP contribution in [0.15, 0.2) is 22.8 Å². The lowest BCUT2D eigenvalue weighted by Gasteiger charge is -2.07. The quantitative estimate of drug-likeness (QED) is 0.688. The highest BCUT2D eigenvalue weighted by Gasteiger charge is 2.16. The lowest BCUT2D eigenvalue weighted by Crippen LogP contribution is -2.19. The molecule has 1 aliphatic rings. The molecule has 1 atom stereocenters. The maximum atomic E-state index is 5.49. The molecule has 3 heteroatoms. The van der Waals surface area contributed by atoms with E-state index >= 15 is 0 Å². The number of nitrogens with one attached hydrogen (secondary N) is 1. The van der Waals surface area contributed by atoms with Crippen molar-refractivity contribution in [3.05, 3.63) is 18.4 Å². The van der Waals surface area contributed by atoms with Crippen molar-refractivity contribution in [3.8, 4) is 5.95 Å². The van der Waals surface area contributed by atoms with E-state index in [0.717, 1.165) is 19.5 Å². The van der Waals surface area contributed by atoms with Gasteiger partial charge in [-0.1, -0.05) is 0 Å². The fourth-order valence-electron chi connectivity index (χ4n) is 1.22. The van der Waals surface area contributed by atoms with Crippen LogP contribution in [0.2, 0.25) is 0 Å². The molecule has 1 saturated heterocycles. The standard InChI is InChI=1S/C8H11NO2/c1-2-8(10-5-1)11-7-3-4-9-6-7/h1-2,5,7,9H,3-4,6H2. The first-order chi connectivity index (χ1) is 5.45. The van der Waals surface area contributed by atoms with Crippen LogP contribution in [0.4, 0.5) is 0 Å². The van der Waals surface area contributed by atoms with Crippen LogP contribution in [0.5, 0.6) is 5.95 Å². The van der Waals surface area contributed by atoms with E-state index in [1.807, 2.05) is 12.1 Å². The largest absolute Gasteiger partial charge is 0.460 e. The molecule has 0 radical (unpaired) electrons. The van der Waals surface area contributed by atoms with Crippen LogP contribution in [0.25, 0.3) is 0 Å². The Hall–Kier alpha value is -0.960. The molecule has 2 heterocycles. The fourth-order valence-corrected chi connectivity index (χ4v) is 1.22. The summed E-state index contributed by atoms with van der Waals surface area (Å²) in [4.78, 5) is 0. The van der Waals surface area contributed by atoms with Crippen molar-refractivity contribution in [1.29, 1.82) is 0 Å². The Kier molecular flexibility index (Phi) is 1.81. The lowest BCUT2D eigenvalue weighted by molar-refractivity contribution is 0.172. The molecule has 0 amide bonds. The Labute approximate surface area is 65.3 Å². The first-order valence-electron chi connectivity index (χ1n) is 3.86. The maximum absolute atomic E-state index is 5.49. The summed E-state index contributed by atoms with van der Waals surface area (Å²) in [6.45, 7) is 1.98. The lowest BCUT2D eigenvalue weighted by atomic mass is 10.3. The van der Waals surface area contributed by atoms with Gasteiger partial charge < -0.3 is 14.5 Å². The molecule has 1 N–H and O–H groups in total. The number of ether oxygens (including phenoxy) is 1. The van der Waals surface area contributed by atoms with E-state index in [1.165, 1.54) is 0 Å². The summed E-state index contributed by atoms with van der Waals surface area (Å²) < 4.78 is 10.5. The molecule has 1 aromatic heterocycles. The molecule has 11 heavy (non-hydrogen) atoms. The molecule has 0 aliphatic carbocycles. The molecule has 60 valence electrons. The zero-order valence-electron chi connectivity index (χ0n) is 6.25. The van der Waals surface area contributed by atoms with Crippen molar-refractivity contribution in [1.82, 2.24) is 5.32 Å². The number of hydrogen-bond acceptors (Lipinski definition) is 3. The van der Waals surface area contributed by atoms with E-state index in [-0.39, 0.29) is 0 Å². The summed E-state index contributed by atoms with van der Waals surface area (Å²) in [6, 6.07) is 3.66. The Morgan fingerprint density at radius 3 is 3.27 bits per heavy atom. The van der Waals surface area contributed by atoms with Crippen LogP contribution < -0.4 is 10.1 Å². The zero-order chi connectivity index (χ0) is 7.52. The maximum Gasteiger partial charge on any atom is 0.284 e. The minimum absolute atomic E-state index is 0.293. The Balaban J connectivity index is 1.90. The fraction of sp³-hybridized carbons (Fsp3) is 0.500. The van der Waals surface area contributed by atoms with Crippen molar-refractivity contribution >= 4 is 0 Å². The van der Waals surface area contributed by atoms with Gasteiger partial charge in [0.2, 0.25) is 0 Å². The topological polar surface area (TPSA) is 34.4 Å². The van der Waals surface area contributed by atoms with Gasteiger partial charge in [-0.3, -0.25) is 0 Å². The van der Waals surface area contributed by atoms with Gasteiger partial charge >= 0.3 is 0 Å². The van der Waals surface area contributed by atoms with Crippen LogP contribution in [0, 0.1) is 0 Å². The van der Waals surface area contributed by atoms with Gasteiger partial charge in [-0.25, -0.2) is 0 Å². The second kappa shape index (κ2) is 2.96. The van der Waals surface area contributed by atoms with E-state index in [2.05, 4.69) is 5.32 Å². The van der Waals surface area contributed by atoms with E-state index in [9.17, 15) is 0 Å². The SMILES string of the molecule is c1coc(OC2CCNC2)c1. The second-order valence-corrected chi connectivity index (χ2v) is 2.66. The highest BCUT2D eigenvalue weighted by Crippen LogP contribution is 2.14. The van der Waals surface area contributed by atoms with Gasteiger partial charge in [-0.2, -0.15) is 0 Å². The Morgan fingerprint density at radius 1 is 1.64 bits per heavy atom. The van der Waals surface area contributed by atoms with E-state index in [0.29, 0.717) is 12.1 Å². The highest BCUT2D eigenvalue weighted by molar-refractivity contribution is 5.04. The van der Waals surface area contributed by atoms with Gasteiger partial charge in [0.15, 0.2) is 0 Å². The van der Waals surface area contributed by atoms with Gasteiger partial charge in [-0.15, -0.1) is 0 Å². The molecule has 0 bridgehead atoms. The molecule has 1 aliphatic heterocycles. The number of rotatable bonds is 2. The van der Waals surface area contributed by atoms with E-state index < -0.39 is 0 Å². The summed E-state index contributed by atoms with van der Waals surface area (Å²) in [5.41, 5.74) is 0. The molecule has 2 rings (SSSR count). The molecule has 0 spiro atoms. The van der Waals surface area contributed by atoms with Gasteiger partial charge in [0.25, 0.3) is 5.95 Å². The smallest absolute Gasteiger partial charge is 0.284 e.